The maximum absolute atomic E-state index is 10.8. The summed E-state index contributed by atoms with van der Waals surface area (Å²) in [5.74, 6) is 0.172. The molecule has 76 valence electrons. The third kappa shape index (κ3) is 1.76. The Hall–Kier alpha value is -1.68. The predicted octanol–water partition coefficient (Wildman–Crippen LogP) is 2.88. The highest BCUT2D eigenvalue weighted by Crippen LogP contribution is 2.25. The zero-order valence-corrected chi connectivity index (χ0v) is 8.44. The second kappa shape index (κ2) is 3.82. The van der Waals surface area contributed by atoms with Crippen LogP contribution in [0.2, 0.25) is 0 Å². The van der Waals surface area contributed by atoms with Gasteiger partial charge in [-0.3, -0.25) is 15.1 Å². The Labute approximate surface area is 90.7 Å². The number of nitrogens with zero attached hydrogens (tertiary/aromatic N) is 2. The number of halogens is 1. The molecule has 0 atom stereocenters. The summed E-state index contributed by atoms with van der Waals surface area (Å²) < 4.78 is 0. The van der Waals surface area contributed by atoms with E-state index in [4.69, 9.17) is 11.6 Å². The second-order valence-corrected chi connectivity index (χ2v) is 3.31. The van der Waals surface area contributed by atoms with Gasteiger partial charge in [0.1, 0.15) is 0 Å². The van der Waals surface area contributed by atoms with E-state index in [-0.39, 0.29) is 11.6 Å². The van der Waals surface area contributed by atoms with Crippen LogP contribution >= 0.6 is 11.6 Å². The molecule has 1 aromatic carbocycles. The van der Waals surface area contributed by atoms with Gasteiger partial charge in [0.25, 0.3) is 5.69 Å². The summed E-state index contributed by atoms with van der Waals surface area (Å²) in [5, 5.41) is 11.4. The van der Waals surface area contributed by atoms with Crippen molar-refractivity contribution in [1.82, 2.24) is 4.98 Å². The lowest BCUT2D eigenvalue weighted by atomic mass is 10.1. The van der Waals surface area contributed by atoms with Crippen molar-refractivity contribution in [2.45, 2.75) is 5.88 Å². The van der Waals surface area contributed by atoms with Crippen LogP contribution in [0.1, 0.15) is 5.69 Å². The molecule has 0 aliphatic heterocycles. The minimum absolute atomic E-state index is 0.0521. The van der Waals surface area contributed by atoms with Gasteiger partial charge in [-0.1, -0.05) is 12.1 Å². The number of nitro groups is 1. The Bertz CT molecular complexity index is 528. The summed E-state index contributed by atoms with van der Waals surface area (Å²) in [6.07, 6.45) is 0. The van der Waals surface area contributed by atoms with E-state index in [2.05, 4.69) is 4.98 Å². The molecule has 0 saturated carbocycles. The van der Waals surface area contributed by atoms with Crippen molar-refractivity contribution in [2.75, 3.05) is 0 Å². The van der Waals surface area contributed by atoms with E-state index in [1.54, 1.807) is 24.3 Å². The molecule has 2 aromatic rings. The average molecular weight is 223 g/mol. The maximum Gasteiger partial charge on any atom is 0.280 e. The van der Waals surface area contributed by atoms with Crippen molar-refractivity contribution in [2.24, 2.45) is 0 Å². The number of fused-ring (bicyclic) bond motifs is 1. The molecule has 0 saturated heterocycles. The molecule has 4 nitrogen and oxygen atoms in total. The number of alkyl halides is 1. The Morgan fingerprint density at radius 2 is 2.13 bits per heavy atom. The van der Waals surface area contributed by atoms with E-state index in [1.807, 2.05) is 0 Å². The monoisotopic (exact) mass is 222 g/mol. The SMILES string of the molecule is O=[N+]([O-])c1cc(CCl)nc2ccccc12. The second-order valence-electron chi connectivity index (χ2n) is 3.04. The molecule has 0 spiro atoms. The van der Waals surface area contributed by atoms with E-state index >= 15 is 0 Å². The van der Waals surface area contributed by atoms with Crippen LogP contribution in [0.3, 0.4) is 0 Å². The van der Waals surface area contributed by atoms with Crippen LogP contribution < -0.4 is 0 Å². The molecule has 1 aromatic heterocycles. The van der Waals surface area contributed by atoms with E-state index in [1.165, 1.54) is 6.07 Å². The van der Waals surface area contributed by atoms with Crippen LogP contribution in [-0.4, -0.2) is 9.91 Å². The molecule has 0 fully saturated rings. The minimum Gasteiger partial charge on any atom is -0.258 e. The highest BCUT2D eigenvalue weighted by atomic mass is 35.5. The fourth-order valence-electron chi connectivity index (χ4n) is 1.43. The molecule has 0 radical (unpaired) electrons. The van der Waals surface area contributed by atoms with Gasteiger partial charge >= 0.3 is 0 Å². The number of hydrogen-bond acceptors (Lipinski definition) is 3. The van der Waals surface area contributed by atoms with Crippen LogP contribution in [0.25, 0.3) is 10.9 Å². The minimum atomic E-state index is -0.417. The smallest absolute Gasteiger partial charge is 0.258 e. The molecular weight excluding hydrogens is 216 g/mol. The lowest BCUT2D eigenvalue weighted by molar-refractivity contribution is -0.383. The van der Waals surface area contributed by atoms with Crippen LogP contribution in [0.15, 0.2) is 30.3 Å². The summed E-state index contributed by atoms with van der Waals surface area (Å²) in [6, 6.07) is 8.36. The lowest BCUT2D eigenvalue weighted by Gasteiger charge is -2.01. The zero-order valence-electron chi connectivity index (χ0n) is 7.68. The quantitative estimate of drug-likeness (QED) is 0.446. The first-order valence-electron chi connectivity index (χ1n) is 4.31. The molecule has 0 N–H and O–H groups in total. The highest BCUT2D eigenvalue weighted by Gasteiger charge is 2.13. The summed E-state index contributed by atoms with van der Waals surface area (Å²) in [7, 11) is 0. The number of pyridine rings is 1. The first-order valence-corrected chi connectivity index (χ1v) is 4.85. The first kappa shape index (κ1) is 9.86. The van der Waals surface area contributed by atoms with Crippen molar-refractivity contribution in [1.29, 1.82) is 0 Å². The van der Waals surface area contributed by atoms with Crippen molar-refractivity contribution < 1.29 is 4.92 Å². The molecule has 0 aliphatic rings. The summed E-state index contributed by atoms with van der Waals surface area (Å²) in [4.78, 5) is 14.6. The summed E-state index contributed by atoms with van der Waals surface area (Å²) >= 11 is 5.62. The number of rotatable bonds is 2. The fourth-order valence-corrected chi connectivity index (χ4v) is 1.57. The third-order valence-corrected chi connectivity index (χ3v) is 2.35. The number of para-hydroxylation sites is 1. The van der Waals surface area contributed by atoms with Gasteiger partial charge in [0.05, 0.1) is 27.4 Å². The standard InChI is InChI=1S/C10H7ClN2O2/c11-6-7-5-10(13(14)15)8-3-1-2-4-9(8)12-7/h1-5H,6H2. The zero-order chi connectivity index (χ0) is 10.8. The van der Waals surface area contributed by atoms with Gasteiger partial charge in [-0.05, 0) is 12.1 Å². The fraction of sp³-hybridized carbons (Fsp3) is 0.100. The number of aromatic nitrogens is 1. The Balaban J connectivity index is 2.80. The Kier molecular flexibility index (Phi) is 2.51. The van der Waals surface area contributed by atoms with Gasteiger partial charge in [0.2, 0.25) is 0 Å². The van der Waals surface area contributed by atoms with Crippen molar-refractivity contribution >= 4 is 28.2 Å². The maximum atomic E-state index is 10.8. The highest BCUT2D eigenvalue weighted by molar-refractivity contribution is 6.17. The van der Waals surface area contributed by atoms with Crippen LogP contribution in [0.5, 0.6) is 0 Å². The van der Waals surface area contributed by atoms with Crippen LogP contribution in [-0.2, 0) is 5.88 Å². The molecule has 0 unspecified atom stereocenters. The Morgan fingerprint density at radius 3 is 2.80 bits per heavy atom. The normalized spacial score (nSPS) is 10.5. The van der Waals surface area contributed by atoms with Gasteiger partial charge < -0.3 is 0 Å². The molecule has 2 rings (SSSR count). The van der Waals surface area contributed by atoms with Gasteiger partial charge in [-0.2, -0.15) is 0 Å². The molecule has 0 bridgehead atoms. The largest absolute Gasteiger partial charge is 0.280 e. The molecular formula is C10H7ClN2O2. The molecule has 0 amide bonds. The van der Waals surface area contributed by atoms with E-state index in [0.29, 0.717) is 16.6 Å². The topological polar surface area (TPSA) is 56.0 Å². The number of hydrogen-bond donors (Lipinski definition) is 0. The third-order valence-electron chi connectivity index (χ3n) is 2.08. The van der Waals surface area contributed by atoms with Gasteiger partial charge in [0, 0.05) is 6.07 Å². The molecule has 0 aliphatic carbocycles. The lowest BCUT2D eigenvalue weighted by Crippen LogP contribution is -1.94. The summed E-state index contributed by atoms with van der Waals surface area (Å²) in [6.45, 7) is 0. The van der Waals surface area contributed by atoms with E-state index in [0.717, 1.165) is 0 Å². The predicted molar refractivity (Wildman–Crippen MR) is 58.0 cm³/mol. The average Bonchev–Trinajstić information content (AvgIpc) is 2.27. The van der Waals surface area contributed by atoms with Crippen LogP contribution in [0.4, 0.5) is 5.69 Å². The first-order chi connectivity index (χ1) is 7.22. The van der Waals surface area contributed by atoms with Gasteiger partial charge in [-0.25, -0.2) is 0 Å². The van der Waals surface area contributed by atoms with Crippen molar-refractivity contribution in [3.63, 3.8) is 0 Å². The van der Waals surface area contributed by atoms with E-state index < -0.39 is 4.92 Å². The van der Waals surface area contributed by atoms with Gasteiger partial charge in [0.15, 0.2) is 0 Å². The number of benzene rings is 1. The Morgan fingerprint density at radius 1 is 1.40 bits per heavy atom. The van der Waals surface area contributed by atoms with Crippen molar-refractivity contribution in [3.05, 3.63) is 46.1 Å². The van der Waals surface area contributed by atoms with Crippen molar-refractivity contribution in [3.8, 4) is 0 Å². The van der Waals surface area contributed by atoms with Crippen LogP contribution in [0, 0.1) is 10.1 Å². The van der Waals surface area contributed by atoms with E-state index in [9.17, 15) is 10.1 Å². The summed E-state index contributed by atoms with van der Waals surface area (Å²) in [5.41, 5.74) is 1.17. The molecule has 15 heavy (non-hydrogen) atoms. The molecule has 5 heteroatoms. The molecule has 1 heterocycles. The van der Waals surface area contributed by atoms with Gasteiger partial charge in [-0.15, -0.1) is 11.6 Å².